The Morgan fingerprint density at radius 2 is 1.95 bits per heavy atom. The zero-order valence-corrected chi connectivity index (χ0v) is 12.3. The van der Waals surface area contributed by atoms with Gasteiger partial charge >= 0.3 is 0 Å². The molecule has 1 heterocycles. The number of carbonyl (C=O) groups excluding carboxylic acids is 2. The van der Waals surface area contributed by atoms with Crippen molar-refractivity contribution in [2.45, 2.75) is 0 Å². The number of rotatable bonds is 5. The minimum Gasteiger partial charge on any atom is -0.366 e. The lowest BCUT2D eigenvalue weighted by molar-refractivity contribution is 0.0775. The summed E-state index contributed by atoms with van der Waals surface area (Å²) < 4.78 is 0. The van der Waals surface area contributed by atoms with E-state index < -0.39 is 5.91 Å². The summed E-state index contributed by atoms with van der Waals surface area (Å²) in [4.78, 5) is 27.5. The molecule has 1 fully saturated rings. The maximum atomic E-state index is 12.3. The number of benzene rings is 1. The lowest BCUT2D eigenvalue weighted by Crippen LogP contribution is -2.46. The molecule has 114 valence electrons. The zero-order valence-electron chi connectivity index (χ0n) is 12.3. The topological polar surface area (TPSA) is 78.7 Å². The molecule has 2 amide bonds. The largest absolute Gasteiger partial charge is 0.366 e. The fourth-order valence-electron chi connectivity index (χ4n) is 2.35. The van der Waals surface area contributed by atoms with E-state index in [0.717, 1.165) is 32.7 Å². The van der Waals surface area contributed by atoms with Crippen LogP contribution in [0.25, 0.3) is 0 Å². The predicted octanol–water partition coefficient (Wildman–Crippen LogP) is -0.237. The van der Waals surface area contributed by atoms with Crippen molar-refractivity contribution < 1.29 is 9.59 Å². The second-order valence-electron chi connectivity index (χ2n) is 5.26. The molecule has 0 saturated carbocycles. The van der Waals surface area contributed by atoms with Gasteiger partial charge in [-0.05, 0) is 18.2 Å². The molecule has 3 N–H and O–H groups in total. The second kappa shape index (κ2) is 7.19. The van der Waals surface area contributed by atoms with Gasteiger partial charge in [-0.2, -0.15) is 0 Å². The van der Waals surface area contributed by atoms with E-state index in [2.05, 4.69) is 10.2 Å². The quantitative estimate of drug-likeness (QED) is 0.785. The standard InChI is InChI=1S/C15H22N4O2/c1-18(9-10-19-7-5-17-6-8-19)15(21)13-4-2-3-12(11-13)14(16)20/h2-4,11,17H,5-10H2,1H3,(H2,16,20). The van der Waals surface area contributed by atoms with Gasteiger partial charge in [0.05, 0.1) is 0 Å². The molecule has 6 heteroatoms. The number of likely N-dealkylation sites (N-methyl/N-ethyl adjacent to an activating group) is 1. The van der Waals surface area contributed by atoms with Crippen LogP contribution in [0.4, 0.5) is 0 Å². The normalized spacial score (nSPS) is 15.7. The van der Waals surface area contributed by atoms with Crippen molar-refractivity contribution in [1.82, 2.24) is 15.1 Å². The average molecular weight is 290 g/mol. The maximum Gasteiger partial charge on any atom is 0.253 e. The van der Waals surface area contributed by atoms with Crippen molar-refractivity contribution in [2.24, 2.45) is 5.73 Å². The van der Waals surface area contributed by atoms with Gasteiger partial charge in [0, 0.05) is 57.4 Å². The van der Waals surface area contributed by atoms with Crippen molar-refractivity contribution in [1.29, 1.82) is 0 Å². The van der Waals surface area contributed by atoms with E-state index >= 15 is 0 Å². The fourth-order valence-corrected chi connectivity index (χ4v) is 2.35. The molecule has 2 rings (SSSR count). The molecule has 0 unspecified atom stereocenters. The summed E-state index contributed by atoms with van der Waals surface area (Å²) in [5.74, 6) is -0.610. The zero-order chi connectivity index (χ0) is 15.2. The molecule has 0 atom stereocenters. The Labute approximate surface area is 124 Å². The highest BCUT2D eigenvalue weighted by Crippen LogP contribution is 2.07. The third kappa shape index (κ3) is 4.27. The molecular weight excluding hydrogens is 268 g/mol. The monoisotopic (exact) mass is 290 g/mol. The Balaban J connectivity index is 1.92. The van der Waals surface area contributed by atoms with Gasteiger partial charge in [0.2, 0.25) is 5.91 Å². The summed E-state index contributed by atoms with van der Waals surface area (Å²) in [7, 11) is 1.78. The van der Waals surface area contributed by atoms with Gasteiger partial charge in [-0.1, -0.05) is 6.07 Å². The number of amides is 2. The molecule has 0 radical (unpaired) electrons. The highest BCUT2D eigenvalue weighted by atomic mass is 16.2. The van der Waals surface area contributed by atoms with Crippen LogP contribution in [0.3, 0.4) is 0 Å². The number of nitrogens with two attached hydrogens (primary N) is 1. The van der Waals surface area contributed by atoms with Crippen molar-refractivity contribution in [2.75, 3.05) is 46.3 Å². The summed E-state index contributed by atoms with van der Waals surface area (Å²) in [6, 6.07) is 6.54. The van der Waals surface area contributed by atoms with Gasteiger partial charge in [0.25, 0.3) is 5.91 Å². The Morgan fingerprint density at radius 1 is 1.29 bits per heavy atom. The summed E-state index contributed by atoms with van der Waals surface area (Å²) in [6.45, 7) is 5.55. The lowest BCUT2D eigenvalue weighted by Gasteiger charge is -2.29. The van der Waals surface area contributed by atoms with Crippen LogP contribution in [0.1, 0.15) is 20.7 Å². The average Bonchev–Trinajstić information content (AvgIpc) is 2.53. The van der Waals surface area contributed by atoms with Crippen molar-refractivity contribution >= 4 is 11.8 Å². The highest BCUT2D eigenvalue weighted by Gasteiger charge is 2.15. The number of nitrogens with one attached hydrogen (secondary N) is 1. The molecule has 6 nitrogen and oxygen atoms in total. The molecule has 1 aromatic carbocycles. The minimum absolute atomic E-state index is 0.0896. The van der Waals surface area contributed by atoms with E-state index in [0.29, 0.717) is 17.7 Å². The fraction of sp³-hybridized carbons (Fsp3) is 0.467. The molecule has 0 aliphatic carbocycles. The predicted molar refractivity (Wildman–Crippen MR) is 81.2 cm³/mol. The van der Waals surface area contributed by atoms with Gasteiger partial charge in [0.1, 0.15) is 0 Å². The number of carbonyl (C=O) groups is 2. The maximum absolute atomic E-state index is 12.3. The van der Waals surface area contributed by atoms with Crippen LogP contribution in [0.2, 0.25) is 0 Å². The molecule has 21 heavy (non-hydrogen) atoms. The van der Waals surface area contributed by atoms with E-state index in [9.17, 15) is 9.59 Å². The SMILES string of the molecule is CN(CCN1CCNCC1)C(=O)c1cccc(C(N)=O)c1. The number of primary amides is 1. The van der Waals surface area contributed by atoms with Crippen molar-refractivity contribution in [3.63, 3.8) is 0 Å². The summed E-state index contributed by atoms with van der Waals surface area (Å²) in [5.41, 5.74) is 6.09. The molecule has 1 saturated heterocycles. The number of nitrogens with zero attached hydrogens (tertiary/aromatic N) is 2. The molecule has 1 aromatic rings. The summed E-state index contributed by atoms with van der Waals surface area (Å²) >= 11 is 0. The van der Waals surface area contributed by atoms with Crippen LogP contribution in [-0.2, 0) is 0 Å². The first-order valence-electron chi connectivity index (χ1n) is 7.16. The van der Waals surface area contributed by atoms with Gasteiger partial charge in [0.15, 0.2) is 0 Å². The van der Waals surface area contributed by atoms with E-state index in [1.807, 2.05) is 0 Å². The summed E-state index contributed by atoms with van der Waals surface area (Å²) in [5, 5.41) is 3.30. The first kappa shape index (κ1) is 15.5. The van der Waals surface area contributed by atoms with Crippen LogP contribution < -0.4 is 11.1 Å². The smallest absolute Gasteiger partial charge is 0.253 e. The highest BCUT2D eigenvalue weighted by molar-refractivity contribution is 5.98. The Morgan fingerprint density at radius 3 is 2.62 bits per heavy atom. The Kier molecular flexibility index (Phi) is 5.30. The van der Waals surface area contributed by atoms with Crippen LogP contribution in [0, 0.1) is 0 Å². The Hall–Kier alpha value is -1.92. The molecular formula is C15H22N4O2. The van der Waals surface area contributed by atoms with Crippen LogP contribution in [-0.4, -0.2) is 67.9 Å². The number of piperazine rings is 1. The van der Waals surface area contributed by atoms with Crippen molar-refractivity contribution in [3.8, 4) is 0 Å². The Bertz CT molecular complexity index is 512. The molecule has 0 aromatic heterocycles. The van der Waals surface area contributed by atoms with Crippen LogP contribution in [0.15, 0.2) is 24.3 Å². The first-order chi connectivity index (χ1) is 10.1. The van der Waals surface area contributed by atoms with E-state index in [-0.39, 0.29) is 5.91 Å². The van der Waals surface area contributed by atoms with Crippen molar-refractivity contribution in [3.05, 3.63) is 35.4 Å². The van der Waals surface area contributed by atoms with Gasteiger partial charge in [-0.15, -0.1) is 0 Å². The summed E-state index contributed by atoms with van der Waals surface area (Å²) in [6.07, 6.45) is 0. The van der Waals surface area contributed by atoms with Crippen LogP contribution >= 0.6 is 0 Å². The number of hydrogen-bond donors (Lipinski definition) is 2. The lowest BCUT2D eigenvalue weighted by atomic mass is 10.1. The number of hydrogen-bond acceptors (Lipinski definition) is 4. The van der Waals surface area contributed by atoms with E-state index in [4.69, 9.17) is 5.73 Å². The third-order valence-corrected chi connectivity index (χ3v) is 3.70. The molecule has 1 aliphatic heterocycles. The first-order valence-corrected chi connectivity index (χ1v) is 7.16. The molecule has 0 spiro atoms. The third-order valence-electron chi connectivity index (χ3n) is 3.70. The second-order valence-corrected chi connectivity index (χ2v) is 5.26. The minimum atomic E-state index is -0.520. The van der Waals surface area contributed by atoms with Gasteiger partial charge in [-0.3, -0.25) is 14.5 Å². The van der Waals surface area contributed by atoms with E-state index in [1.54, 1.807) is 36.2 Å². The van der Waals surface area contributed by atoms with Gasteiger partial charge in [-0.25, -0.2) is 0 Å². The molecule has 0 bridgehead atoms. The van der Waals surface area contributed by atoms with Crippen LogP contribution in [0.5, 0.6) is 0 Å². The van der Waals surface area contributed by atoms with Gasteiger partial charge < -0.3 is 16.0 Å². The van der Waals surface area contributed by atoms with E-state index in [1.165, 1.54) is 0 Å². The molecule has 1 aliphatic rings.